The van der Waals surface area contributed by atoms with E-state index in [-0.39, 0.29) is 17.0 Å². The van der Waals surface area contributed by atoms with Gasteiger partial charge in [0.15, 0.2) is 0 Å². The van der Waals surface area contributed by atoms with Gasteiger partial charge < -0.3 is 4.90 Å². The fraction of sp³-hybridized carbons (Fsp3) is 0.611. The second kappa shape index (κ2) is 8.43. The fourth-order valence-corrected chi connectivity index (χ4v) is 5.82. The first-order valence-electron chi connectivity index (χ1n) is 8.49. The van der Waals surface area contributed by atoms with E-state index in [0.29, 0.717) is 11.0 Å². The zero-order chi connectivity index (χ0) is 16.1. The Morgan fingerprint density at radius 2 is 2.00 bits per heavy atom. The molecular weight excluding hydrogens is 329 g/mol. The fourth-order valence-electron chi connectivity index (χ4n) is 3.34. The van der Waals surface area contributed by atoms with Gasteiger partial charge in [-0.25, -0.2) is 4.39 Å². The molecule has 126 valence electrons. The monoisotopic (exact) mass is 353 g/mol. The van der Waals surface area contributed by atoms with Crippen molar-refractivity contribution in [1.82, 2.24) is 4.90 Å². The van der Waals surface area contributed by atoms with Gasteiger partial charge in [0.25, 0.3) is 0 Å². The van der Waals surface area contributed by atoms with E-state index in [2.05, 4.69) is 0 Å². The van der Waals surface area contributed by atoms with Crippen molar-refractivity contribution < 1.29 is 9.18 Å². The number of hydrogen-bond donors (Lipinski definition) is 0. The molecule has 1 amide bonds. The van der Waals surface area contributed by atoms with Gasteiger partial charge in [-0.3, -0.25) is 4.79 Å². The molecule has 3 rings (SSSR count). The maximum atomic E-state index is 14.0. The molecule has 2 nitrogen and oxygen atoms in total. The lowest BCUT2D eigenvalue weighted by atomic mass is 10.1. The number of benzene rings is 1. The number of hydrogen-bond acceptors (Lipinski definition) is 3. The van der Waals surface area contributed by atoms with Crippen LogP contribution in [0.3, 0.4) is 0 Å². The van der Waals surface area contributed by atoms with Gasteiger partial charge in [-0.2, -0.15) is 11.8 Å². The molecule has 1 saturated heterocycles. The van der Waals surface area contributed by atoms with Crippen molar-refractivity contribution in [1.29, 1.82) is 0 Å². The Morgan fingerprint density at radius 3 is 2.78 bits per heavy atom. The van der Waals surface area contributed by atoms with Gasteiger partial charge in [-0.1, -0.05) is 31.0 Å². The Bertz CT molecular complexity index is 534. The SMILES string of the molecule is O=C(CSC1CCCC1)N1CCSC(c2ccccc2F)CC1. The summed E-state index contributed by atoms with van der Waals surface area (Å²) in [5.41, 5.74) is 0.784. The summed E-state index contributed by atoms with van der Waals surface area (Å²) in [5.74, 6) is 1.64. The molecule has 0 spiro atoms. The highest BCUT2D eigenvalue weighted by atomic mass is 32.2. The minimum Gasteiger partial charge on any atom is -0.341 e. The van der Waals surface area contributed by atoms with Gasteiger partial charge in [-0.15, -0.1) is 11.8 Å². The Balaban J connectivity index is 1.51. The first kappa shape index (κ1) is 17.2. The molecule has 0 aromatic heterocycles. The summed E-state index contributed by atoms with van der Waals surface area (Å²) >= 11 is 3.61. The quantitative estimate of drug-likeness (QED) is 0.794. The molecule has 0 radical (unpaired) electrons. The van der Waals surface area contributed by atoms with Crippen molar-refractivity contribution in [2.75, 3.05) is 24.6 Å². The Hall–Kier alpha value is -0.680. The van der Waals surface area contributed by atoms with Crippen LogP contribution in [0.25, 0.3) is 0 Å². The minimum absolute atomic E-state index is 0.124. The van der Waals surface area contributed by atoms with Crippen molar-refractivity contribution in [2.24, 2.45) is 0 Å². The average Bonchev–Trinajstić information content (AvgIpc) is 2.96. The van der Waals surface area contributed by atoms with E-state index < -0.39 is 0 Å². The Kier molecular flexibility index (Phi) is 6.29. The lowest BCUT2D eigenvalue weighted by Gasteiger charge is -2.21. The van der Waals surface area contributed by atoms with Gasteiger partial charge in [-0.05, 0) is 25.3 Å². The molecule has 1 aliphatic carbocycles. The lowest BCUT2D eigenvalue weighted by molar-refractivity contribution is -0.128. The van der Waals surface area contributed by atoms with Crippen molar-refractivity contribution in [2.45, 2.75) is 42.6 Å². The molecule has 1 atom stereocenters. The highest BCUT2D eigenvalue weighted by Crippen LogP contribution is 2.36. The molecule has 1 unspecified atom stereocenters. The van der Waals surface area contributed by atoms with Crippen LogP contribution in [0.5, 0.6) is 0 Å². The van der Waals surface area contributed by atoms with Crippen LogP contribution in [0.4, 0.5) is 4.39 Å². The summed E-state index contributed by atoms with van der Waals surface area (Å²) in [4.78, 5) is 14.4. The molecule has 5 heteroatoms. The van der Waals surface area contributed by atoms with E-state index >= 15 is 0 Å². The predicted octanol–water partition coefficient (Wildman–Crippen LogP) is 4.51. The van der Waals surface area contributed by atoms with Crippen LogP contribution in [0, 0.1) is 5.82 Å². The van der Waals surface area contributed by atoms with E-state index in [1.54, 1.807) is 17.8 Å². The second-order valence-corrected chi connectivity index (χ2v) is 8.87. The van der Waals surface area contributed by atoms with Gasteiger partial charge in [0.2, 0.25) is 5.91 Å². The van der Waals surface area contributed by atoms with Crippen LogP contribution in [0.1, 0.15) is 42.9 Å². The highest BCUT2D eigenvalue weighted by molar-refractivity contribution is 8.00. The number of rotatable bonds is 4. The summed E-state index contributed by atoms with van der Waals surface area (Å²) in [6.45, 7) is 1.54. The summed E-state index contributed by atoms with van der Waals surface area (Å²) in [6, 6.07) is 7.03. The topological polar surface area (TPSA) is 20.3 Å². The van der Waals surface area contributed by atoms with Gasteiger partial charge >= 0.3 is 0 Å². The van der Waals surface area contributed by atoms with Crippen LogP contribution < -0.4 is 0 Å². The van der Waals surface area contributed by atoms with Crippen molar-refractivity contribution in [3.8, 4) is 0 Å². The molecule has 2 aliphatic rings. The van der Waals surface area contributed by atoms with Crippen molar-refractivity contribution in [3.05, 3.63) is 35.6 Å². The van der Waals surface area contributed by atoms with Crippen molar-refractivity contribution >= 4 is 29.4 Å². The van der Waals surface area contributed by atoms with Crippen LogP contribution in [-0.2, 0) is 4.79 Å². The number of carbonyl (C=O) groups is 1. The maximum Gasteiger partial charge on any atom is 0.232 e. The maximum absolute atomic E-state index is 14.0. The number of thioether (sulfide) groups is 2. The Labute approximate surface area is 146 Å². The van der Waals surface area contributed by atoms with E-state index in [4.69, 9.17) is 0 Å². The van der Waals surface area contributed by atoms with Gasteiger partial charge in [0.1, 0.15) is 5.82 Å². The third-order valence-corrected chi connectivity index (χ3v) is 7.36. The molecule has 1 aromatic carbocycles. The third kappa shape index (κ3) is 4.66. The van der Waals surface area contributed by atoms with Gasteiger partial charge in [0, 0.05) is 34.9 Å². The lowest BCUT2D eigenvalue weighted by Crippen LogP contribution is -2.34. The summed E-state index contributed by atoms with van der Waals surface area (Å²) in [7, 11) is 0. The van der Waals surface area contributed by atoms with Gasteiger partial charge in [0.05, 0.1) is 5.75 Å². The zero-order valence-corrected chi connectivity index (χ0v) is 15.0. The summed E-state index contributed by atoms with van der Waals surface area (Å²) < 4.78 is 14.0. The van der Waals surface area contributed by atoms with Crippen LogP contribution in [0.15, 0.2) is 24.3 Å². The third-order valence-electron chi connectivity index (χ3n) is 4.69. The first-order chi connectivity index (χ1) is 11.2. The molecule has 2 fully saturated rings. The number of amides is 1. The second-order valence-electron chi connectivity index (χ2n) is 6.27. The molecule has 1 aromatic rings. The molecule has 23 heavy (non-hydrogen) atoms. The zero-order valence-electron chi connectivity index (χ0n) is 13.4. The smallest absolute Gasteiger partial charge is 0.232 e. The van der Waals surface area contributed by atoms with E-state index in [1.807, 2.05) is 28.8 Å². The summed E-state index contributed by atoms with van der Waals surface area (Å²) in [6.07, 6.45) is 6.00. The van der Waals surface area contributed by atoms with Crippen LogP contribution >= 0.6 is 23.5 Å². The molecule has 0 N–H and O–H groups in total. The number of halogens is 1. The average molecular weight is 354 g/mol. The minimum atomic E-state index is -0.124. The van der Waals surface area contributed by atoms with E-state index in [9.17, 15) is 9.18 Å². The largest absolute Gasteiger partial charge is 0.341 e. The molecule has 1 saturated carbocycles. The van der Waals surface area contributed by atoms with E-state index in [1.165, 1.54) is 31.7 Å². The molecule has 0 bridgehead atoms. The van der Waals surface area contributed by atoms with Crippen molar-refractivity contribution in [3.63, 3.8) is 0 Å². The molecule has 1 heterocycles. The van der Waals surface area contributed by atoms with Crippen LogP contribution in [-0.4, -0.2) is 40.7 Å². The normalized spacial score (nSPS) is 23.0. The standard InChI is InChI=1S/C18H24FNOS2/c19-16-8-4-3-7-15(16)17-9-10-20(11-12-22-17)18(21)13-23-14-5-1-2-6-14/h3-4,7-8,14,17H,1-2,5-6,9-13H2. The Morgan fingerprint density at radius 1 is 1.22 bits per heavy atom. The first-order valence-corrected chi connectivity index (χ1v) is 10.6. The van der Waals surface area contributed by atoms with E-state index in [0.717, 1.165) is 30.8 Å². The number of carbonyl (C=O) groups excluding carboxylic acids is 1. The highest BCUT2D eigenvalue weighted by Gasteiger charge is 2.24. The summed E-state index contributed by atoms with van der Waals surface area (Å²) in [5, 5.41) is 0.850. The number of nitrogens with zero attached hydrogens (tertiary/aromatic N) is 1. The van der Waals surface area contributed by atoms with Crippen LogP contribution in [0.2, 0.25) is 0 Å². The molecular formula is C18H24FNOS2. The molecule has 1 aliphatic heterocycles. The predicted molar refractivity (Wildman–Crippen MR) is 97.5 cm³/mol.